The van der Waals surface area contributed by atoms with Crippen LogP contribution in [0, 0.1) is 0 Å². The maximum Gasteiger partial charge on any atom is 0.341 e. The van der Waals surface area contributed by atoms with Gasteiger partial charge in [-0.25, -0.2) is 4.79 Å². The predicted octanol–water partition coefficient (Wildman–Crippen LogP) is 3.78. The molecule has 0 unspecified atom stereocenters. The number of methoxy groups -OCH3 is 1. The minimum absolute atomic E-state index is 0.206. The summed E-state index contributed by atoms with van der Waals surface area (Å²) in [6, 6.07) is 11.6. The summed E-state index contributed by atoms with van der Waals surface area (Å²) >= 11 is 6.16. The van der Waals surface area contributed by atoms with E-state index in [1.54, 1.807) is 31.2 Å². The molecule has 0 atom stereocenters. The van der Waals surface area contributed by atoms with Crippen LogP contribution in [-0.2, 0) is 4.74 Å². The molecule has 0 heterocycles. The smallest absolute Gasteiger partial charge is 0.341 e. The van der Waals surface area contributed by atoms with E-state index in [-0.39, 0.29) is 28.8 Å². The van der Waals surface area contributed by atoms with Gasteiger partial charge in [-0.2, -0.15) is 0 Å². The van der Waals surface area contributed by atoms with E-state index in [0.29, 0.717) is 11.3 Å². The van der Waals surface area contributed by atoms with Crippen LogP contribution in [-0.4, -0.2) is 25.6 Å². The molecule has 23 heavy (non-hydrogen) atoms. The fourth-order valence-electron chi connectivity index (χ4n) is 1.97. The Balaban J connectivity index is 2.30. The fourth-order valence-corrected chi connectivity index (χ4v) is 2.18. The van der Waals surface area contributed by atoms with E-state index in [1.165, 1.54) is 19.2 Å². The van der Waals surface area contributed by atoms with Crippen molar-refractivity contribution in [1.82, 2.24) is 0 Å². The Hall–Kier alpha value is -2.53. The van der Waals surface area contributed by atoms with Crippen molar-refractivity contribution in [1.29, 1.82) is 0 Å². The lowest BCUT2D eigenvalue weighted by atomic mass is 10.1. The van der Waals surface area contributed by atoms with Gasteiger partial charge in [-0.1, -0.05) is 29.8 Å². The van der Waals surface area contributed by atoms with Crippen LogP contribution in [0.15, 0.2) is 42.5 Å². The number of ether oxygens (including phenoxy) is 2. The molecule has 6 heteroatoms. The molecule has 0 aliphatic rings. The minimum Gasteiger partial charge on any atom is -0.496 e. The number of benzene rings is 2. The zero-order valence-corrected chi connectivity index (χ0v) is 13.5. The standard InChI is InChI=1S/C17H16ClNO4/c1-3-23-17(21)12-9-13(18)14(10-15(12)22-2)19-16(20)11-7-5-4-6-8-11/h4-10H,3H2,1-2H3,(H,19,20). The Labute approximate surface area is 139 Å². The van der Waals surface area contributed by atoms with Gasteiger partial charge in [-0.05, 0) is 25.1 Å². The van der Waals surface area contributed by atoms with Crippen LogP contribution >= 0.6 is 11.6 Å². The first kappa shape index (κ1) is 16.8. The van der Waals surface area contributed by atoms with Gasteiger partial charge >= 0.3 is 5.97 Å². The third-order valence-electron chi connectivity index (χ3n) is 3.07. The number of rotatable bonds is 5. The highest BCUT2D eigenvalue weighted by Gasteiger charge is 2.18. The van der Waals surface area contributed by atoms with Gasteiger partial charge in [0.2, 0.25) is 0 Å². The van der Waals surface area contributed by atoms with Crippen LogP contribution in [0.3, 0.4) is 0 Å². The largest absolute Gasteiger partial charge is 0.496 e. The Morgan fingerprint density at radius 2 is 1.87 bits per heavy atom. The summed E-state index contributed by atoms with van der Waals surface area (Å²) in [6.45, 7) is 1.95. The fraction of sp³-hybridized carbons (Fsp3) is 0.176. The van der Waals surface area contributed by atoms with Crippen LogP contribution in [0.5, 0.6) is 5.75 Å². The number of hydrogen-bond acceptors (Lipinski definition) is 4. The summed E-state index contributed by atoms with van der Waals surface area (Å²) in [5.74, 6) is -0.568. The molecule has 120 valence electrons. The average Bonchev–Trinajstić information content (AvgIpc) is 2.57. The first-order chi connectivity index (χ1) is 11.1. The topological polar surface area (TPSA) is 64.6 Å². The highest BCUT2D eigenvalue weighted by atomic mass is 35.5. The molecule has 0 spiro atoms. The Morgan fingerprint density at radius 3 is 2.48 bits per heavy atom. The summed E-state index contributed by atoms with van der Waals surface area (Å²) in [4.78, 5) is 24.1. The molecule has 2 aromatic rings. The number of carbonyl (C=O) groups is 2. The summed E-state index contributed by atoms with van der Waals surface area (Å²) < 4.78 is 10.1. The molecular weight excluding hydrogens is 318 g/mol. The van der Waals surface area contributed by atoms with E-state index in [2.05, 4.69) is 5.32 Å². The highest BCUT2D eigenvalue weighted by molar-refractivity contribution is 6.34. The van der Waals surface area contributed by atoms with Gasteiger partial charge in [0.15, 0.2) is 0 Å². The van der Waals surface area contributed by atoms with E-state index in [1.807, 2.05) is 6.07 Å². The van der Waals surface area contributed by atoms with Gasteiger partial charge in [0.25, 0.3) is 5.91 Å². The Bertz CT molecular complexity index is 716. The SMILES string of the molecule is CCOC(=O)c1cc(Cl)c(NC(=O)c2ccccc2)cc1OC. The molecule has 0 aromatic heterocycles. The molecule has 1 amide bonds. The number of esters is 1. The van der Waals surface area contributed by atoms with Crippen molar-refractivity contribution in [2.75, 3.05) is 19.0 Å². The maximum atomic E-state index is 12.2. The van der Waals surface area contributed by atoms with Crippen molar-refractivity contribution in [2.24, 2.45) is 0 Å². The molecule has 2 aromatic carbocycles. The van der Waals surface area contributed by atoms with Crippen molar-refractivity contribution in [2.45, 2.75) is 6.92 Å². The van der Waals surface area contributed by atoms with Crippen LogP contribution in [0.4, 0.5) is 5.69 Å². The first-order valence-electron chi connectivity index (χ1n) is 6.97. The van der Waals surface area contributed by atoms with Gasteiger partial charge in [-0.3, -0.25) is 4.79 Å². The zero-order valence-electron chi connectivity index (χ0n) is 12.8. The third kappa shape index (κ3) is 4.02. The molecule has 0 saturated carbocycles. The number of anilines is 1. The quantitative estimate of drug-likeness (QED) is 0.846. The number of amides is 1. The lowest BCUT2D eigenvalue weighted by Crippen LogP contribution is -2.13. The van der Waals surface area contributed by atoms with Crippen LogP contribution in [0.2, 0.25) is 5.02 Å². The second-order valence-corrected chi connectivity index (χ2v) is 4.98. The molecule has 0 fully saturated rings. The molecule has 0 bridgehead atoms. The van der Waals surface area contributed by atoms with Gasteiger partial charge < -0.3 is 14.8 Å². The predicted molar refractivity (Wildman–Crippen MR) is 88.4 cm³/mol. The number of carbonyl (C=O) groups excluding carboxylic acids is 2. The van der Waals surface area contributed by atoms with E-state index >= 15 is 0 Å². The zero-order chi connectivity index (χ0) is 16.8. The van der Waals surface area contributed by atoms with Gasteiger partial charge in [0.05, 0.1) is 24.4 Å². The monoisotopic (exact) mass is 333 g/mol. The summed E-state index contributed by atoms with van der Waals surface area (Å²) in [5.41, 5.74) is 1.06. The summed E-state index contributed by atoms with van der Waals surface area (Å²) in [6.07, 6.45) is 0. The van der Waals surface area contributed by atoms with E-state index in [4.69, 9.17) is 21.1 Å². The van der Waals surface area contributed by atoms with Crippen LogP contribution in [0.25, 0.3) is 0 Å². The van der Waals surface area contributed by atoms with Crippen LogP contribution in [0.1, 0.15) is 27.6 Å². The Morgan fingerprint density at radius 1 is 1.17 bits per heavy atom. The van der Waals surface area contributed by atoms with Crippen molar-refractivity contribution in [3.63, 3.8) is 0 Å². The second kappa shape index (κ2) is 7.65. The van der Waals surface area contributed by atoms with Crippen LogP contribution < -0.4 is 10.1 Å². The molecular formula is C17H16ClNO4. The average molecular weight is 334 g/mol. The number of hydrogen-bond donors (Lipinski definition) is 1. The van der Waals surface area contributed by atoms with Gasteiger partial charge in [0.1, 0.15) is 11.3 Å². The molecule has 0 aliphatic carbocycles. The number of halogens is 1. The summed E-state index contributed by atoms with van der Waals surface area (Å²) in [7, 11) is 1.43. The van der Waals surface area contributed by atoms with Crippen molar-refractivity contribution < 1.29 is 19.1 Å². The lowest BCUT2D eigenvalue weighted by Gasteiger charge is -2.13. The third-order valence-corrected chi connectivity index (χ3v) is 3.38. The molecule has 0 radical (unpaired) electrons. The van der Waals surface area contributed by atoms with Gasteiger partial charge in [-0.15, -0.1) is 0 Å². The minimum atomic E-state index is -0.535. The van der Waals surface area contributed by atoms with Crippen molar-refractivity contribution in [3.8, 4) is 5.75 Å². The molecule has 1 N–H and O–H groups in total. The second-order valence-electron chi connectivity index (χ2n) is 4.57. The van der Waals surface area contributed by atoms with Crippen molar-refractivity contribution >= 4 is 29.2 Å². The molecule has 0 aliphatic heterocycles. The maximum absolute atomic E-state index is 12.2. The lowest BCUT2D eigenvalue weighted by molar-refractivity contribution is 0.0522. The van der Waals surface area contributed by atoms with E-state index < -0.39 is 5.97 Å². The molecule has 0 saturated heterocycles. The normalized spacial score (nSPS) is 10.0. The van der Waals surface area contributed by atoms with E-state index in [0.717, 1.165) is 0 Å². The van der Waals surface area contributed by atoms with E-state index in [9.17, 15) is 9.59 Å². The first-order valence-corrected chi connectivity index (χ1v) is 7.35. The molecule has 5 nitrogen and oxygen atoms in total. The summed E-state index contributed by atoms with van der Waals surface area (Å²) in [5, 5.41) is 2.92. The highest BCUT2D eigenvalue weighted by Crippen LogP contribution is 2.31. The Kier molecular flexibility index (Phi) is 5.60. The van der Waals surface area contributed by atoms with Crippen molar-refractivity contribution in [3.05, 3.63) is 58.6 Å². The van der Waals surface area contributed by atoms with Gasteiger partial charge in [0, 0.05) is 11.6 Å². The molecule has 2 rings (SSSR count). The number of nitrogens with one attached hydrogen (secondary N) is 1.